The van der Waals surface area contributed by atoms with Gasteiger partial charge in [-0.3, -0.25) is 9.79 Å². The summed E-state index contributed by atoms with van der Waals surface area (Å²) in [7, 11) is 3.40. The molecule has 9 heteroatoms. The molecule has 0 aliphatic carbocycles. The fourth-order valence-electron chi connectivity index (χ4n) is 2.17. The summed E-state index contributed by atoms with van der Waals surface area (Å²) in [5, 5.41) is 5.85. The molecule has 0 aromatic heterocycles. The smallest absolute Gasteiger partial charge is 0.356 e. The second kappa shape index (κ2) is 12.0. The van der Waals surface area contributed by atoms with Crippen molar-refractivity contribution < 1.29 is 18.0 Å². The van der Waals surface area contributed by atoms with Gasteiger partial charge in [0.25, 0.3) is 0 Å². The summed E-state index contributed by atoms with van der Waals surface area (Å²) in [6, 6.07) is 5.03. The first-order valence-corrected chi connectivity index (χ1v) is 8.12. The first-order chi connectivity index (χ1) is 11.8. The predicted octanol–water partition coefficient (Wildman–Crippen LogP) is 3.25. The van der Waals surface area contributed by atoms with Gasteiger partial charge in [0.05, 0.1) is 5.56 Å². The SMILES string of the molecule is CCCNC(=O)CCNC(=NC)N(C)Cc1ccc(C(F)(F)F)cc1.I. The summed E-state index contributed by atoms with van der Waals surface area (Å²) < 4.78 is 37.7. The van der Waals surface area contributed by atoms with E-state index in [2.05, 4.69) is 15.6 Å². The van der Waals surface area contributed by atoms with Crippen molar-refractivity contribution in [3.8, 4) is 0 Å². The van der Waals surface area contributed by atoms with Gasteiger partial charge in [-0.15, -0.1) is 24.0 Å². The molecule has 0 aliphatic rings. The molecule has 5 nitrogen and oxygen atoms in total. The molecule has 0 radical (unpaired) electrons. The van der Waals surface area contributed by atoms with Crippen molar-refractivity contribution in [2.45, 2.75) is 32.5 Å². The van der Waals surface area contributed by atoms with Crippen LogP contribution in [0.15, 0.2) is 29.3 Å². The Hall–Kier alpha value is -1.52. The summed E-state index contributed by atoms with van der Waals surface area (Å²) in [4.78, 5) is 17.5. The molecular weight excluding hydrogens is 460 g/mol. The van der Waals surface area contributed by atoms with Crippen LogP contribution in [0.25, 0.3) is 0 Å². The van der Waals surface area contributed by atoms with Crippen molar-refractivity contribution in [3.63, 3.8) is 0 Å². The molecule has 0 atom stereocenters. The highest BCUT2D eigenvalue weighted by atomic mass is 127. The number of hydrogen-bond donors (Lipinski definition) is 2. The number of guanidine groups is 1. The average molecular weight is 486 g/mol. The molecular formula is C17H26F3IN4O. The number of carbonyl (C=O) groups excluding carboxylic acids is 1. The third kappa shape index (κ3) is 8.72. The van der Waals surface area contributed by atoms with Gasteiger partial charge >= 0.3 is 6.18 Å². The van der Waals surface area contributed by atoms with Gasteiger partial charge in [-0.25, -0.2) is 0 Å². The van der Waals surface area contributed by atoms with E-state index in [9.17, 15) is 18.0 Å². The van der Waals surface area contributed by atoms with E-state index in [1.165, 1.54) is 12.1 Å². The molecule has 1 aromatic rings. The summed E-state index contributed by atoms with van der Waals surface area (Å²) in [6.45, 7) is 3.47. The number of hydrogen-bond acceptors (Lipinski definition) is 2. The minimum Gasteiger partial charge on any atom is -0.356 e. The lowest BCUT2D eigenvalue weighted by atomic mass is 10.1. The second-order valence-corrected chi connectivity index (χ2v) is 5.62. The Morgan fingerprint density at radius 1 is 1.15 bits per heavy atom. The maximum Gasteiger partial charge on any atom is 0.416 e. The van der Waals surface area contributed by atoms with Crippen LogP contribution in [0.5, 0.6) is 0 Å². The van der Waals surface area contributed by atoms with Crippen LogP contribution in [0.2, 0.25) is 0 Å². The Kier molecular flexibility index (Phi) is 11.3. The van der Waals surface area contributed by atoms with Crippen molar-refractivity contribution in [2.75, 3.05) is 27.2 Å². The monoisotopic (exact) mass is 486 g/mol. The normalized spacial score (nSPS) is 11.5. The quantitative estimate of drug-likeness (QED) is 0.354. The van der Waals surface area contributed by atoms with E-state index in [1.807, 2.05) is 6.92 Å². The van der Waals surface area contributed by atoms with Crippen LogP contribution in [-0.4, -0.2) is 44.0 Å². The molecule has 148 valence electrons. The molecule has 0 bridgehead atoms. The van der Waals surface area contributed by atoms with Crippen molar-refractivity contribution >= 4 is 35.8 Å². The number of nitrogens with zero attached hydrogens (tertiary/aromatic N) is 2. The minimum absolute atomic E-state index is 0. The van der Waals surface area contributed by atoms with Gasteiger partial charge in [-0.1, -0.05) is 19.1 Å². The highest BCUT2D eigenvalue weighted by molar-refractivity contribution is 14.0. The van der Waals surface area contributed by atoms with Crippen LogP contribution in [0.1, 0.15) is 30.9 Å². The van der Waals surface area contributed by atoms with E-state index in [-0.39, 0.29) is 29.9 Å². The van der Waals surface area contributed by atoms with Gasteiger partial charge < -0.3 is 15.5 Å². The first-order valence-electron chi connectivity index (χ1n) is 8.12. The second-order valence-electron chi connectivity index (χ2n) is 5.62. The number of amides is 1. The van der Waals surface area contributed by atoms with E-state index < -0.39 is 11.7 Å². The lowest BCUT2D eigenvalue weighted by Crippen LogP contribution is -2.40. The maximum absolute atomic E-state index is 12.6. The lowest BCUT2D eigenvalue weighted by molar-refractivity contribution is -0.137. The number of alkyl halides is 3. The highest BCUT2D eigenvalue weighted by Crippen LogP contribution is 2.29. The van der Waals surface area contributed by atoms with Gasteiger partial charge in [0.1, 0.15) is 0 Å². The van der Waals surface area contributed by atoms with Crippen molar-refractivity contribution in [1.82, 2.24) is 15.5 Å². The van der Waals surface area contributed by atoms with Gasteiger partial charge in [0.2, 0.25) is 5.91 Å². The lowest BCUT2D eigenvalue weighted by Gasteiger charge is -2.22. The molecule has 2 N–H and O–H groups in total. The van der Waals surface area contributed by atoms with Crippen LogP contribution in [0.3, 0.4) is 0 Å². The number of rotatable bonds is 7. The minimum atomic E-state index is -4.33. The first kappa shape index (κ1) is 24.5. The Morgan fingerprint density at radius 2 is 1.77 bits per heavy atom. The van der Waals surface area contributed by atoms with E-state index in [0.29, 0.717) is 32.0 Å². The Bertz CT molecular complexity index is 576. The molecule has 26 heavy (non-hydrogen) atoms. The van der Waals surface area contributed by atoms with E-state index in [0.717, 1.165) is 24.1 Å². The third-order valence-corrected chi connectivity index (χ3v) is 3.48. The third-order valence-electron chi connectivity index (χ3n) is 3.48. The van der Waals surface area contributed by atoms with Gasteiger partial charge in [0, 0.05) is 40.2 Å². The molecule has 0 saturated carbocycles. The number of carbonyl (C=O) groups is 1. The molecule has 0 unspecified atom stereocenters. The molecule has 1 amide bonds. The molecule has 0 spiro atoms. The summed E-state index contributed by atoms with van der Waals surface area (Å²) in [5.41, 5.74) is 0.0682. The van der Waals surface area contributed by atoms with E-state index in [1.54, 1.807) is 19.0 Å². The predicted molar refractivity (Wildman–Crippen MR) is 108 cm³/mol. The van der Waals surface area contributed by atoms with E-state index >= 15 is 0 Å². The Balaban J connectivity index is 0.00000625. The van der Waals surface area contributed by atoms with Crippen molar-refractivity contribution in [2.24, 2.45) is 4.99 Å². The van der Waals surface area contributed by atoms with Crippen LogP contribution >= 0.6 is 24.0 Å². The zero-order chi connectivity index (χ0) is 18.9. The zero-order valence-electron chi connectivity index (χ0n) is 15.2. The zero-order valence-corrected chi connectivity index (χ0v) is 17.5. The van der Waals surface area contributed by atoms with E-state index in [4.69, 9.17) is 0 Å². The molecule has 1 rings (SSSR count). The van der Waals surface area contributed by atoms with Gasteiger partial charge in [0.15, 0.2) is 5.96 Å². The van der Waals surface area contributed by atoms with Gasteiger partial charge in [-0.05, 0) is 24.1 Å². The largest absolute Gasteiger partial charge is 0.416 e. The van der Waals surface area contributed by atoms with Crippen LogP contribution in [-0.2, 0) is 17.5 Å². The standard InChI is InChI=1S/C17H25F3N4O.HI/c1-4-10-22-15(25)9-11-23-16(21-2)24(3)12-13-5-7-14(8-6-13)17(18,19)20;/h5-8H,4,9-12H2,1-3H3,(H,21,23)(H,22,25);1H. The summed E-state index contributed by atoms with van der Waals surface area (Å²) in [5.74, 6) is 0.540. The molecule has 1 aromatic carbocycles. The molecule has 0 aliphatic heterocycles. The molecule has 0 fully saturated rings. The van der Waals surface area contributed by atoms with Crippen molar-refractivity contribution in [3.05, 3.63) is 35.4 Å². The summed E-state index contributed by atoms with van der Waals surface area (Å²) >= 11 is 0. The fourth-order valence-corrected chi connectivity index (χ4v) is 2.17. The Labute approximate surface area is 169 Å². The fraction of sp³-hybridized carbons (Fsp3) is 0.529. The van der Waals surface area contributed by atoms with Gasteiger partial charge in [-0.2, -0.15) is 13.2 Å². The summed E-state index contributed by atoms with van der Waals surface area (Å²) in [6.07, 6.45) is -3.12. The number of halogens is 4. The number of nitrogens with one attached hydrogen (secondary N) is 2. The van der Waals surface area contributed by atoms with Crippen LogP contribution in [0, 0.1) is 0 Å². The topological polar surface area (TPSA) is 56.7 Å². The van der Waals surface area contributed by atoms with Crippen molar-refractivity contribution in [1.29, 1.82) is 0 Å². The molecule has 0 saturated heterocycles. The maximum atomic E-state index is 12.6. The van der Waals surface area contributed by atoms with Crippen LogP contribution in [0.4, 0.5) is 13.2 Å². The Morgan fingerprint density at radius 3 is 2.27 bits per heavy atom. The number of benzene rings is 1. The van der Waals surface area contributed by atoms with Crippen LogP contribution < -0.4 is 10.6 Å². The highest BCUT2D eigenvalue weighted by Gasteiger charge is 2.29. The molecule has 0 heterocycles. The number of aliphatic imine (C=N–C) groups is 1. The average Bonchev–Trinajstić information content (AvgIpc) is 2.56.